The fourth-order valence-corrected chi connectivity index (χ4v) is 3.39. The van der Waals surface area contributed by atoms with E-state index in [0.717, 1.165) is 12.8 Å². The van der Waals surface area contributed by atoms with Crippen molar-refractivity contribution in [1.29, 1.82) is 0 Å². The Hall–Kier alpha value is -1.64. The quantitative estimate of drug-likeness (QED) is 0.915. The molecule has 0 spiro atoms. The third-order valence-electron chi connectivity index (χ3n) is 4.93. The van der Waals surface area contributed by atoms with Gasteiger partial charge in [0.2, 0.25) is 0 Å². The van der Waals surface area contributed by atoms with E-state index in [1.165, 1.54) is 5.56 Å². The maximum absolute atomic E-state index is 12.1. The lowest BCUT2D eigenvalue weighted by Crippen LogP contribution is -2.41. The van der Waals surface area contributed by atoms with Crippen molar-refractivity contribution >= 4 is 11.8 Å². The highest BCUT2D eigenvalue weighted by Crippen LogP contribution is 2.45. The van der Waals surface area contributed by atoms with Crippen LogP contribution in [0, 0.1) is 11.8 Å². The molecule has 1 fully saturated rings. The first-order chi connectivity index (χ1) is 9.50. The first-order valence-corrected chi connectivity index (χ1v) is 7.31. The molecule has 1 aromatic carbocycles. The third kappa shape index (κ3) is 2.62. The number of carbonyl (C=O) groups is 2. The molecule has 0 radical (unpaired) electrons. The van der Waals surface area contributed by atoms with E-state index in [-0.39, 0.29) is 17.1 Å². The van der Waals surface area contributed by atoms with Gasteiger partial charge in [-0.05, 0) is 30.2 Å². The number of hydrogen-bond donors (Lipinski definition) is 1. The molecular formula is C17H22O3. The van der Waals surface area contributed by atoms with Gasteiger partial charge in [0.25, 0.3) is 0 Å². The van der Waals surface area contributed by atoms with Gasteiger partial charge in [-0.15, -0.1) is 0 Å². The van der Waals surface area contributed by atoms with Crippen LogP contribution in [0.15, 0.2) is 30.3 Å². The van der Waals surface area contributed by atoms with Gasteiger partial charge in [-0.2, -0.15) is 0 Å². The molecule has 3 heteroatoms. The van der Waals surface area contributed by atoms with Crippen molar-refractivity contribution in [3.05, 3.63) is 35.9 Å². The topological polar surface area (TPSA) is 54.4 Å². The zero-order valence-corrected chi connectivity index (χ0v) is 12.1. The van der Waals surface area contributed by atoms with Crippen LogP contribution < -0.4 is 0 Å². The van der Waals surface area contributed by atoms with E-state index >= 15 is 0 Å². The summed E-state index contributed by atoms with van der Waals surface area (Å²) in [6, 6.07) is 10.2. The molecule has 3 nitrogen and oxygen atoms in total. The minimum atomic E-state index is -0.872. The number of ketones is 1. The summed E-state index contributed by atoms with van der Waals surface area (Å²) >= 11 is 0. The predicted octanol–water partition coefficient (Wildman–Crippen LogP) is 3.42. The highest BCUT2D eigenvalue weighted by atomic mass is 16.4. The number of carbonyl (C=O) groups excluding carboxylic acids is 1. The molecule has 3 atom stereocenters. The Morgan fingerprint density at radius 1 is 1.40 bits per heavy atom. The van der Waals surface area contributed by atoms with Gasteiger partial charge in [-0.1, -0.05) is 44.2 Å². The smallest absolute Gasteiger partial charge is 0.306 e. The van der Waals surface area contributed by atoms with Crippen LogP contribution in [0.1, 0.15) is 45.1 Å². The first-order valence-electron chi connectivity index (χ1n) is 7.31. The van der Waals surface area contributed by atoms with Crippen molar-refractivity contribution in [2.45, 2.75) is 44.9 Å². The van der Waals surface area contributed by atoms with Crippen molar-refractivity contribution in [3.63, 3.8) is 0 Å². The van der Waals surface area contributed by atoms with Crippen LogP contribution >= 0.6 is 0 Å². The van der Waals surface area contributed by atoms with Crippen LogP contribution in [0.5, 0.6) is 0 Å². The van der Waals surface area contributed by atoms with Crippen LogP contribution in [0.4, 0.5) is 0 Å². The summed E-state index contributed by atoms with van der Waals surface area (Å²) in [6.07, 6.45) is 2.91. The summed E-state index contributed by atoms with van der Waals surface area (Å²) in [5.74, 6) is -1.72. The van der Waals surface area contributed by atoms with Crippen molar-refractivity contribution in [2.75, 3.05) is 0 Å². The molecule has 2 rings (SSSR count). The van der Waals surface area contributed by atoms with Crippen molar-refractivity contribution < 1.29 is 14.7 Å². The van der Waals surface area contributed by atoms with E-state index < -0.39 is 11.9 Å². The number of hydrogen-bond acceptors (Lipinski definition) is 2. The Balaban J connectivity index is 2.32. The van der Waals surface area contributed by atoms with Crippen molar-refractivity contribution in [1.82, 2.24) is 0 Å². The van der Waals surface area contributed by atoms with Gasteiger partial charge in [-0.3, -0.25) is 9.59 Å². The number of Topliss-reactive ketones (excluding diaryl/α,β-unsaturated/α-hetero) is 1. The molecule has 0 aromatic heterocycles. The number of carboxylic acids is 1. The normalized spacial score (nSPS) is 28.1. The third-order valence-corrected chi connectivity index (χ3v) is 4.93. The second kappa shape index (κ2) is 5.78. The number of rotatable bonds is 4. The van der Waals surface area contributed by atoms with Crippen LogP contribution in [-0.2, 0) is 15.0 Å². The van der Waals surface area contributed by atoms with Crippen molar-refractivity contribution in [3.8, 4) is 0 Å². The number of benzene rings is 1. The van der Waals surface area contributed by atoms with Gasteiger partial charge in [0.1, 0.15) is 5.78 Å². The maximum Gasteiger partial charge on any atom is 0.306 e. The average Bonchev–Trinajstić information content (AvgIpc) is 2.48. The molecule has 20 heavy (non-hydrogen) atoms. The van der Waals surface area contributed by atoms with E-state index in [2.05, 4.69) is 19.1 Å². The summed E-state index contributed by atoms with van der Waals surface area (Å²) < 4.78 is 0. The highest BCUT2D eigenvalue weighted by Gasteiger charge is 2.43. The molecule has 108 valence electrons. The molecule has 1 N–H and O–H groups in total. The van der Waals surface area contributed by atoms with E-state index in [9.17, 15) is 14.7 Å². The fourth-order valence-electron chi connectivity index (χ4n) is 3.39. The minimum absolute atomic E-state index is 0.0520. The van der Waals surface area contributed by atoms with Gasteiger partial charge < -0.3 is 5.11 Å². The average molecular weight is 274 g/mol. The van der Waals surface area contributed by atoms with Crippen LogP contribution in [0.3, 0.4) is 0 Å². The SMILES string of the molecule is CCC1(c2ccccc2)CCC(=O)C(C(C)C(=O)O)C1. The van der Waals surface area contributed by atoms with E-state index in [0.29, 0.717) is 12.8 Å². The Bertz CT molecular complexity index is 494. The Morgan fingerprint density at radius 2 is 2.05 bits per heavy atom. The molecule has 1 aliphatic rings. The van der Waals surface area contributed by atoms with Gasteiger partial charge in [-0.25, -0.2) is 0 Å². The predicted molar refractivity (Wildman–Crippen MR) is 77.6 cm³/mol. The molecule has 0 aliphatic heterocycles. The zero-order valence-electron chi connectivity index (χ0n) is 12.1. The second-order valence-corrected chi connectivity index (χ2v) is 5.90. The zero-order chi connectivity index (χ0) is 14.8. The summed E-state index contributed by atoms with van der Waals surface area (Å²) in [7, 11) is 0. The number of carboxylic acid groups (broad SMARTS) is 1. The fraction of sp³-hybridized carbons (Fsp3) is 0.529. The van der Waals surface area contributed by atoms with Gasteiger partial charge in [0.05, 0.1) is 5.92 Å². The monoisotopic (exact) mass is 274 g/mol. The van der Waals surface area contributed by atoms with E-state index in [1.807, 2.05) is 18.2 Å². The van der Waals surface area contributed by atoms with Crippen LogP contribution in [-0.4, -0.2) is 16.9 Å². The Kier molecular flexibility index (Phi) is 4.26. The van der Waals surface area contributed by atoms with Gasteiger partial charge in [0, 0.05) is 12.3 Å². The second-order valence-electron chi connectivity index (χ2n) is 5.90. The first kappa shape index (κ1) is 14.8. The lowest BCUT2D eigenvalue weighted by molar-refractivity contribution is -0.147. The maximum atomic E-state index is 12.1. The van der Waals surface area contributed by atoms with E-state index in [4.69, 9.17) is 0 Å². The largest absolute Gasteiger partial charge is 0.481 e. The van der Waals surface area contributed by atoms with Crippen LogP contribution in [0.25, 0.3) is 0 Å². The lowest BCUT2D eigenvalue weighted by Gasteiger charge is -2.41. The Labute approximate surface area is 120 Å². The molecule has 1 aromatic rings. The van der Waals surface area contributed by atoms with Crippen LogP contribution in [0.2, 0.25) is 0 Å². The number of aliphatic carboxylic acids is 1. The standard InChI is InChI=1S/C17H22O3/c1-3-17(13-7-5-4-6-8-13)10-9-15(18)14(11-17)12(2)16(19)20/h4-8,12,14H,3,9-11H2,1-2H3,(H,19,20). The molecule has 0 saturated heterocycles. The van der Waals surface area contributed by atoms with E-state index in [1.54, 1.807) is 6.92 Å². The summed E-state index contributed by atoms with van der Waals surface area (Å²) in [6.45, 7) is 3.78. The van der Waals surface area contributed by atoms with Crippen molar-refractivity contribution in [2.24, 2.45) is 11.8 Å². The molecule has 0 heterocycles. The minimum Gasteiger partial charge on any atom is -0.481 e. The molecule has 1 aliphatic carbocycles. The van der Waals surface area contributed by atoms with Gasteiger partial charge >= 0.3 is 5.97 Å². The molecule has 1 saturated carbocycles. The molecular weight excluding hydrogens is 252 g/mol. The summed E-state index contributed by atoms with van der Waals surface area (Å²) in [5.41, 5.74) is 1.18. The molecule has 0 bridgehead atoms. The summed E-state index contributed by atoms with van der Waals surface area (Å²) in [5, 5.41) is 9.21. The molecule has 0 amide bonds. The highest BCUT2D eigenvalue weighted by molar-refractivity contribution is 5.87. The lowest BCUT2D eigenvalue weighted by atomic mass is 9.62. The molecule has 3 unspecified atom stereocenters. The van der Waals surface area contributed by atoms with Gasteiger partial charge in [0.15, 0.2) is 0 Å². The summed E-state index contributed by atoms with van der Waals surface area (Å²) in [4.78, 5) is 23.3. The Morgan fingerprint density at radius 3 is 2.60 bits per heavy atom.